The summed E-state index contributed by atoms with van der Waals surface area (Å²) in [7, 11) is 0. The maximum atomic E-state index is 13.0. The van der Waals surface area contributed by atoms with Gasteiger partial charge in [0.2, 0.25) is 5.91 Å². The topological polar surface area (TPSA) is 158 Å². The van der Waals surface area contributed by atoms with Crippen molar-refractivity contribution in [3.8, 4) is 0 Å². The van der Waals surface area contributed by atoms with Gasteiger partial charge >= 0.3 is 0 Å². The number of nitrogens with zero attached hydrogens (tertiary/aromatic N) is 1. The second-order valence-corrected chi connectivity index (χ2v) is 8.45. The third-order valence-electron chi connectivity index (χ3n) is 5.77. The Morgan fingerprint density at radius 2 is 1.71 bits per heavy atom. The molecule has 2 fully saturated rings. The number of carbonyl (C=O) groups excluding carboxylic acids is 3. The number of aliphatic hydroxyl groups is 1. The van der Waals surface area contributed by atoms with Gasteiger partial charge < -0.3 is 31.1 Å². The van der Waals surface area contributed by atoms with Gasteiger partial charge in [-0.1, -0.05) is 0 Å². The van der Waals surface area contributed by atoms with Crippen molar-refractivity contribution in [2.24, 2.45) is 11.7 Å². The van der Waals surface area contributed by atoms with Crippen LogP contribution in [0.3, 0.4) is 0 Å². The average Bonchev–Trinajstić information content (AvgIpc) is 3.63. The second-order valence-electron chi connectivity index (χ2n) is 8.45. The van der Waals surface area contributed by atoms with Crippen molar-refractivity contribution in [1.29, 1.82) is 5.41 Å². The summed E-state index contributed by atoms with van der Waals surface area (Å²) < 4.78 is 5.43. The second kappa shape index (κ2) is 10.0. The van der Waals surface area contributed by atoms with Gasteiger partial charge in [-0.05, 0) is 67.3 Å². The molecule has 2 aliphatic rings. The van der Waals surface area contributed by atoms with E-state index in [1.165, 1.54) is 4.90 Å². The fourth-order valence-corrected chi connectivity index (χ4v) is 3.70. The smallest absolute Gasteiger partial charge is 0.259 e. The normalized spacial score (nSPS) is 18.8. The minimum absolute atomic E-state index is 0.0252. The van der Waals surface area contributed by atoms with Crippen LogP contribution >= 0.6 is 0 Å². The van der Waals surface area contributed by atoms with E-state index < -0.39 is 24.0 Å². The Bertz CT molecular complexity index is 1080. The highest BCUT2D eigenvalue weighted by Gasteiger charge is 2.39. The molecule has 3 amide bonds. The molecule has 1 saturated heterocycles. The molecule has 10 heteroatoms. The van der Waals surface area contributed by atoms with Gasteiger partial charge in [0.1, 0.15) is 5.84 Å². The van der Waals surface area contributed by atoms with E-state index in [1.807, 2.05) is 0 Å². The van der Waals surface area contributed by atoms with E-state index in [-0.39, 0.29) is 24.9 Å². The van der Waals surface area contributed by atoms with Crippen LogP contribution in [0.5, 0.6) is 0 Å². The molecule has 2 atom stereocenters. The number of carbonyl (C=O) groups is 3. The lowest BCUT2D eigenvalue weighted by atomic mass is 10.1. The van der Waals surface area contributed by atoms with Crippen molar-refractivity contribution in [3.05, 3.63) is 54.1 Å². The molecule has 4 rings (SSSR count). The van der Waals surface area contributed by atoms with Crippen molar-refractivity contribution in [2.75, 3.05) is 28.7 Å². The number of morpholine rings is 1. The van der Waals surface area contributed by atoms with E-state index in [0.717, 1.165) is 12.8 Å². The lowest BCUT2D eigenvalue weighted by molar-refractivity contribution is -0.150. The van der Waals surface area contributed by atoms with Crippen molar-refractivity contribution in [1.82, 2.24) is 0 Å². The zero-order chi connectivity index (χ0) is 24.2. The number of nitrogens with two attached hydrogens (primary N) is 1. The number of anilines is 3. The molecule has 178 valence electrons. The lowest BCUT2D eigenvalue weighted by Gasteiger charge is -2.34. The Kier molecular flexibility index (Phi) is 6.90. The number of aliphatic hydroxyl groups excluding tert-OH is 1. The number of amidine groups is 1. The van der Waals surface area contributed by atoms with Gasteiger partial charge in [-0.3, -0.25) is 19.8 Å². The number of nitrogens with one attached hydrogen (secondary N) is 3. The maximum absolute atomic E-state index is 13.0. The zero-order valence-corrected chi connectivity index (χ0v) is 18.5. The predicted molar refractivity (Wildman–Crippen MR) is 127 cm³/mol. The molecular formula is C24H27N5O5. The number of benzene rings is 2. The Morgan fingerprint density at radius 1 is 1.09 bits per heavy atom. The van der Waals surface area contributed by atoms with Crippen LogP contribution < -0.4 is 21.3 Å². The summed E-state index contributed by atoms with van der Waals surface area (Å²) in [6.45, 7) is 0.414. The summed E-state index contributed by atoms with van der Waals surface area (Å²) in [6, 6.07) is 13.0. The monoisotopic (exact) mass is 465 g/mol. The highest BCUT2D eigenvalue weighted by atomic mass is 16.5. The van der Waals surface area contributed by atoms with Crippen LogP contribution in [0.25, 0.3) is 0 Å². The Balaban J connectivity index is 1.37. The molecule has 10 nitrogen and oxygen atoms in total. The van der Waals surface area contributed by atoms with Crippen LogP contribution in [0, 0.1) is 11.3 Å². The predicted octanol–water partition coefficient (Wildman–Crippen LogP) is 1.44. The summed E-state index contributed by atoms with van der Waals surface area (Å²) in [5.74, 6) is -0.961. The fourth-order valence-electron chi connectivity index (χ4n) is 3.70. The van der Waals surface area contributed by atoms with E-state index in [9.17, 15) is 19.5 Å². The summed E-state index contributed by atoms with van der Waals surface area (Å²) >= 11 is 0. The number of hydrogen-bond acceptors (Lipinski definition) is 6. The van der Waals surface area contributed by atoms with Gasteiger partial charge in [-0.25, -0.2) is 0 Å². The number of amides is 3. The molecule has 1 aliphatic carbocycles. The molecule has 2 aromatic carbocycles. The van der Waals surface area contributed by atoms with Crippen molar-refractivity contribution < 1.29 is 24.2 Å². The molecule has 0 radical (unpaired) electrons. The molecule has 1 aliphatic heterocycles. The number of rotatable bonds is 8. The van der Waals surface area contributed by atoms with E-state index >= 15 is 0 Å². The van der Waals surface area contributed by atoms with E-state index in [1.54, 1.807) is 48.5 Å². The Morgan fingerprint density at radius 3 is 2.32 bits per heavy atom. The highest BCUT2D eigenvalue weighted by molar-refractivity contribution is 6.04. The van der Waals surface area contributed by atoms with E-state index in [4.69, 9.17) is 15.9 Å². The zero-order valence-electron chi connectivity index (χ0n) is 18.5. The van der Waals surface area contributed by atoms with Crippen LogP contribution in [0.15, 0.2) is 48.5 Å². The van der Waals surface area contributed by atoms with Gasteiger partial charge in [0, 0.05) is 35.6 Å². The average molecular weight is 466 g/mol. The van der Waals surface area contributed by atoms with Gasteiger partial charge in [0.25, 0.3) is 11.8 Å². The molecule has 0 spiro atoms. The molecule has 1 heterocycles. The van der Waals surface area contributed by atoms with Gasteiger partial charge in [0.15, 0.2) is 12.2 Å². The summed E-state index contributed by atoms with van der Waals surface area (Å²) in [5, 5.41) is 23.3. The van der Waals surface area contributed by atoms with Crippen molar-refractivity contribution in [2.45, 2.75) is 31.5 Å². The minimum atomic E-state index is -1.72. The van der Waals surface area contributed by atoms with Crippen molar-refractivity contribution in [3.63, 3.8) is 0 Å². The number of nitrogen functional groups attached to an aromatic ring is 1. The summed E-state index contributed by atoms with van der Waals surface area (Å²) in [6.07, 6.45) is -0.357. The molecule has 0 bridgehead atoms. The first-order valence-corrected chi connectivity index (χ1v) is 11.1. The van der Waals surface area contributed by atoms with Crippen LogP contribution in [0.1, 0.15) is 24.8 Å². The quantitative estimate of drug-likeness (QED) is 0.293. The number of hydrogen-bond donors (Lipinski definition) is 5. The van der Waals surface area contributed by atoms with Gasteiger partial charge in [0.05, 0.1) is 6.61 Å². The maximum Gasteiger partial charge on any atom is 0.259 e. The van der Waals surface area contributed by atoms with Gasteiger partial charge in [-0.2, -0.15) is 0 Å². The molecular weight excluding hydrogens is 438 g/mol. The standard InChI is InChI=1S/C24H27N5O5/c25-22(26)15-3-5-17(6-4-15)28-23(32)20(31)21-24(33)29(11-12-34-21)18-9-7-16(8-10-18)27-19(30)13-14-1-2-14/h3-10,14,20-21,31H,1-2,11-13H2,(H3,25,26)(H,27,30)(H,28,32). The summed E-state index contributed by atoms with van der Waals surface area (Å²) in [4.78, 5) is 39.0. The first kappa shape index (κ1) is 23.4. The van der Waals surface area contributed by atoms with E-state index in [2.05, 4.69) is 10.6 Å². The van der Waals surface area contributed by atoms with Crippen LogP contribution in [-0.2, 0) is 19.1 Å². The molecule has 2 unspecified atom stereocenters. The third kappa shape index (κ3) is 5.59. The first-order chi connectivity index (χ1) is 16.3. The summed E-state index contributed by atoms with van der Waals surface area (Å²) in [5.41, 5.74) is 7.51. The van der Waals surface area contributed by atoms with Crippen LogP contribution in [-0.4, -0.2) is 54.0 Å². The molecule has 0 aromatic heterocycles. The SMILES string of the molecule is N=C(N)c1ccc(NC(=O)C(O)C2OCCN(c3ccc(NC(=O)CC4CC4)cc3)C2=O)cc1. The number of ether oxygens (including phenoxy) is 1. The molecule has 34 heavy (non-hydrogen) atoms. The Labute approximate surface area is 196 Å². The van der Waals surface area contributed by atoms with Gasteiger partial charge in [-0.15, -0.1) is 0 Å². The van der Waals surface area contributed by atoms with E-state index in [0.29, 0.717) is 35.0 Å². The molecule has 1 saturated carbocycles. The minimum Gasteiger partial charge on any atom is -0.384 e. The van der Waals surface area contributed by atoms with Crippen LogP contribution in [0.2, 0.25) is 0 Å². The third-order valence-corrected chi connectivity index (χ3v) is 5.77. The fraction of sp³-hybridized carbons (Fsp3) is 0.333. The largest absolute Gasteiger partial charge is 0.384 e. The Hall–Kier alpha value is -3.76. The first-order valence-electron chi connectivity index (χ1n) is 11.1. The highest BCUT2D eigenvalue weighted by Crippen LogP contribution is 2.32. The lowest BCUT2D eigenvalue weighted by Crippen LogP contribution is -2.55. The molecule has 2 aromatic rings. The molecule has 6 N–H and O–H groups in total. The van der Waals surface area contributed by atoms with Crippen molar-refractivity contribution >= 4 is 40.6 Å². The van der Waals surface area contributed by atoms with Crippen LogP contribution in [0.4, 0.5) is 17.1 Å².